The van der Waals surface area contributed by atoms with E-state index in [1.54, 1.807) is 12.1 Å². The third-order valence-electron chi connectivity index (χ3n) is 5.61. The molecular formula is C22H23F2NO3. The molecule has 0 aromatic heterocycles. The summed E-state index contributed by atoms with van der Waals surface area (Å²) in [5, 5.41) is 0. The summed E-state index contributed by atoms with van der Waals surface area (Å²) in [6.07, 6.45) is 1.49. The molecular weight excluding hydrogens is 364 g/mol. The Balaban J connectivity index is 1.44. The zero-order valence-corrected chi connectivity index (χ0v) is 15.5. The summed E-state index contributed by atoms with van der Waals surface area (Å²) < 4.78 is 34.7. The van der Waals surface area contributed by atoms with Gasteiger partial charge in [0.1, 0.15) is 5.75 Å². The second-order valence-corrected chi connectivity index (χ2v) is 7.44. The maximum Gasteiger partial charge on any atom is 0.387 e. The first kappa shape index (κ1) is 19.0. The lowest BCUT2D eigenvalue weighted by molar-refractivity contribution is -0.0872. The molecule has 4 rings (SSSR count). The Morgan fingerprint density at radius 1 is 1.04 bits per heavy atom. The molecule has 2 heterocycles. The monoisotopic (exact) mass is 387 g/mol. The first-order chi connectivity index (χ1) is 13.6. The van der Waals surface area contributed by atoms with Crippen LogP contribution in [0, 0.1) is 5.92 Å². The average Bonchev–Trinajstić information content (AvgIpc) is 2.68. The van der Waals surface area contributed by atoms with E-state index >= 15 is 0 Å². The molecule has 4 nitrogen and oxygen atoms in total. The molecule has 0 saturated carbocycles. The van der Waals surface area contributed by atoms with Crippen LogP contribution in [0.4, 0.5) is 8.78 Å². The van der Waals surface area contributed by atoms with Gasteiger partial charge in [-0.1, -0.05) is 30.3 Å². The number of halogens is 2. The highest BCUT2D eigenvalue weighted by atomic mass is 19.3. The van der Waals surface area contributed by atoms with Gasteiger partial charge in [-0.3, -0.25) is 9.69 Å². The van der Waals surface area contributed by atoms with E-state index < -0.39 is 6.61 Å². The van der Waals surface area contributed by atoms with Crippen molar-refractivity contribution in [2.24, 2.45) is 5.92 Å². The van der Waals surface area contributed by atoms with E-state index in [0.717, 1.165) is 19.4 Å². The quantitative estimate of drug-likeness (QED) is 0.698. The third kappa shape index (κ3) is 4.23. The van der Waals surface area contributed by atoms with Crippen molar-refractivity contribution in [2.75, 3.05) is 13.2 Å². The highest BCUT2D eigenvalue weighted by Crippen LogP contribution is 2.34. The van der Waals surface area contributed by atoms with Gasteiger partial charge < -0.3 is 9.47 Å². The van der Waals surface area contributed by atoms with Crippen molar-refractivity contribution in [1.82, 2.24) is 4.90 Å². The molecule has 2 aromatic rings. The largest absolute Gasteiger partial charge is 0.435 e. The van der Waals surface area contributed by atoms with Crippen molar-refractivity contribution in [3.63, 3.8) is 0 Å². The van der Waals surface area contributed by atoms with Crippen LogP contribution in [-0.2, 0) is 11.3 Å². The summed E-state index contributed by atoms with van der Waals surface area (Å²) >= 11 is 0. The van der Waals surface area contributed by atoms with Gasteiger partial charge in [-0.2, -0.15) is 8.78 Å². The fourth-order valence-corrected chi connectivity index (χ4v) is 4.29. The number of carbonyl (C=O) groups is 1. The van der Waals surface area contributed by atoms with Crippen molar-refractivity contribution in [3.8, 4) is 5.75 Å². The van der Waals surface area contributed by atoms with Crippen molar-refractivity contribution in [1.29, 1.82) is 0 Å². The zero-order valence-electron chi connectivity index (χ0n) is 15.5. The van der Waals surface area contributed by atoms with E-state index in [9.17, 15) is 13.6 Å². The lowest BCUT2D eigenvalue weighted by Crippen LogP contribution is -2.57. The normalized spacial score (nSPS) is 24.9. The molecule has 2 atom stereocenters. The molecule has 6 heteroatoms. The zero-order chi connectivity index (χ0) is 19.5. The van der Waals surface area contributed by atoms with Gasteiger partial charge in [-0.25, -0.2) is 0 Å². The van der Waals surface area contributed by atoms with E-state index in [1.807, 2.05) is 18.2 Å². The number of carbonyl (C=O) groups excluding carboxylic acids is 1. The topological polar surface area (TPSA) is 38.8 Å². The number of Topliss-reactive ketones (excluding diaryl/α,β-unsaturated/α-hetero) is 1. The van der Waals surface area contributed by atoms with Crippen molar-refractivity contribution >= 4 is 5.78 Å². The molecule has 0 amide bonds. The number of piperidine rings is 1. The number of hydrogen-bond donors (Lipinski definition) is 0. The van der Waals surface area contributed by atoms with Gasteiger partial charge in [-0.05, 0) is 42.7 Å². The van der Waals surface area contributed by atoms with Crippen molar-refractivity contribution < 1.29 is 23.0 Å². The SMILES string of the molecule is O=C(c1ccc(OC(F)F)cc1)C1CC2COCC(C1)N2Cc1ccccc1. The van der Waals surface area contributed by atoms with Crippen molar-refractivity contribution in [3.05, 3.63) is 65.7 Å². The second-order valence-electron chi connectivity index (χ2n) is 7.44. The minimum Gasteiger partial charge on any atom is -0.435 e. The molecule has 2 aromatic carbocycles. The number of benzene rings is 2. The molecule has 28 heavy (non-hydrogen) atoms. The predicted molar refractivity (Wildman–Crippen MR) is 101 cm³/mol. The molecule has 2 aliphatic heterocycles. The van der Waals surface area contributed by atoms with Crippen LogP contribution in [0.25, 0.3) is 0 Å². The van der Waals surface area contributed by atoms with Crippen LogP contribution in [0.3, 0.4) is 0 Å². The van der Waals surface area contributed by atoms with Crippen LogP contribution in [0.1, 0.15) is 28.8 Å². The van der Waals surface area contributed by atoms with Crippen LogP contribution < -0.4 is 4.74 Å². The molecule has 0 radical (unpaired) electrons. The second kappa shape index (κ2) is 8.37. The molecule has 0 aliphatic carbocycles. The Hall–Kier alpha value is -2.31. The molecule has 148 valence electrons. The smallest absolute Gasteiger partial charge is 0.387 e. The van der Waals surface area contributed by atoms with Gasteiger partial charge in [0, 0.05) is 30.1 Å². The summed E-state index contributed by atoms with van der Waals surface area (Å²) in [6, 6.07) is 16.8. The molecule has 0 N–H and O–H groups in total. The number of ether oxygens (including phenoxy) is 2. The van der Waals surface area contributed by atoms with Gasteiger partial charge >= 0.3 is 6.61 Å². The first-order valence-corrected chi connectivity index (χ1v) is 9.56. The lowest BCUT2D eigenvalue weighted by Gasteiger charge is -2.48. The summed E-state index contributed by atoms with van der Waals surface area (Å²) in [5.41, 5.74) is 1.81. The van der Waals surface area contributed by atoms with E-state index in [1.165, 1.54) is 17.7 Å². The number of fused-ring (bicyclic) bond motifs is 2. The fraction of sp³-hybridized carbons (Fsp3) is 0.409. The Labute approximate surface area is 163 Å². The lowest BCUT2D eigenvalue weighted by atomic mass is 9.80. The number of rotatable bonds is 6. The summed E-state index contributed by atoms with van der Waals surface area (Å²) in [6.45, 7) is -0.738. The van der Waals surface area contributed by atoms with E-state index in [4.69, 9.17) is 4.74 Å². The van der Waals surface area contributed by atoms with E-state index in [2.05, 4.69) is 21.8 Å². The Morgan fingerprint density at radius 2 is 1.68 bits per heavy atom. The highest BCUT2D eigenvalue weighted by Gasteiger charge is 2.41. The van der Waals surface area contributed by atoms with Crippen LogP contribution in [0.5, 0.6) is 5.75 Å². The molecule has 2 saturated heterocycles. The van der Waals surface area contributed by atoms with Gasteiger partial charge in [0.2, 0.25) is 0 Å². The summed E-state index contributed by atoms with van der Waals surface area (Å²) in [4.78, 5) is 15.4. The molecule has 2 unspecified atom stereocenters. The van der Waals surface area contributed by atoms with Crippen LogP contribution in [0.2, 0.25) is 0 Å². The van der Waals surface area contributed by atoms with Crippen LogP contribution in [-0.4, -0.2) is 42.6 Å². The molecule has 0 spiro atoms. The average molecular weight is 387 g/mol. The minimum atomic E-state index is -2.87. The van der Waals surface area contributed by atoms with Gasteiger partial charge in [-0.15, -0.1) is 0 Å². The molecule has 2 bridgehead atoms. The standard InChI is InChI=1S/C22H23F2NO3/c23-22(24)28-20-8-6-16(7-9-20)21(26)17-10-18-13-27-14-19(11-17)25(18)12-15-4-2-1-3-5-15/h1-9,17-19,22H,10-14H2. The maximum absolute atomic E-state index is 13.0. The van der Waals surface area contributed by atoms with Gasteiger partial charge in [0.15, 0.2) is 5.78 Å². The number of alkyl halides is 2. The summed E-state index contributed by atoms with van der Waals surface area (Å²) in [5.74, 6) is 0.0575. The number of ketones is 1. The maximum atomic E-state index is 13.0. The number of morpholine rings is 1. The summed E-state index contributed by atoms with van der Waals surface area (Å²) in [7, 11) is 0. The predicted octanol–water partition coefficient (Wildman–Crippen LogP) is 4.15. The molecule has 2 aliphatic rings. The van der Waals surface area contributed by atoms with Crippen LogP contribution >= 0.6 is 0 Å². The third-order valence-corrected chi connectivity index (χ3v) is 5.61. The van der Waals surface area contributed by atoms with E-state index in [-0.39, 0.29) is 29.5 Å². The number of hydrogen-bond acceptors (Lipinski definition) is 4. The first-order valence-electron chi connectivity index (χ1n) is 9.56. The van der Waals surface area contributed by atoms with Gasteiger partial charge in [0.25, 0.3) is 0 Å². The fourth-order valence-electron chi connectivity index (χ4n) is 4.29. The van der Waals surface area contributed by atoms with E-state index in [0.29, 0.717) is 18.8 Å². The van der Waals surface area contributed by atoms with Crippen LogP contribution in [0.15, 0.2) is 54.6 Å². The Morgan fingerprint density at radius 3 is 2.29 bits per heavy atom. The highest BCUT2D eigenvalue weighted by molar-refractivity contribution is 5.98. The van der Waals surface area contributed by atoms with Crippen molar-refractivity contribution in [2.45, 2.75) is 38.1 Å². The Kier molecular flexibility index (Phi) is 5.69. The number of nitrogens with zero attached hydrogens (tertiary/aromatic N) is 1. The van der Waals surface area contributed by atoms with Gasteiger partial charge in [0.05, 0.1) is 13.2 Å². The Bertz CT molecular complexity index is 783. The minimum absolute atomic E-state index is 0.0644. The molecule has 2 fully saturated rings.